The number of amides is 1. The fraction of sp³-hybridized carbons (Fsp3) is 0.231. The number of hydrogen-bond donors (Lipinski definition) is 1. The Balaban J connectivity index is 1.89. The second kappa shape index (κ2) is 9.45. The van der Waals surface area contributed by atoms with Gasteiger partial charge in [-0.25, -0.2) is 9.28 Å². The van der Waals surface area contributed by atoms with Gasteiger partial charge in [0.2, 0.25) is 0 Å². The molecule has 2 atom stereocenters. The minimum absolute atomic E-state index is 0.0357. The van der Waals surface area contributed by atoms with Crippen molar-refractivity contribution in [2.75, 3.05) is 6.54 Å². The zero-order valence-electron chi connectivity index (χ0n) is 17.5. The molecule has 0 fully saturated rings. The highest BCUT2D eigenvalue weighted by atomic mass is 35.5. The number of fused-ring (bicyclic) bond motifs is 1. The third kappa shape index (κ3) is 4.44. The number of quaternary nitrogens is 1. The first-order chi connectivity index (χ1) is 15.4. The Morgan fingerprint density at radius 2 is 1.66 bits per heavy atom. The van der Waals surface area contributed by atoms with E-state index in [1.807, 2.05) is 48.5 Å². The van der Waals surface area contributed by atoms with E-state index in [1.54, 1.807) is 12.1 Å². The molecule has 3 aromatic rings. The van der Waals surface area contributed by atoms with Crippen molar-refractivity contribution in [3.63, 3.8) is 0 Å². The van der Waals surface area contributed by atoms with Gasteiger partial charge < -0.3 is 5.11 Å². The van der Waals surface area contributed by atoms with Gasteiger partial charge in [-0.05, 0) is 17.7 Å². The van der Waals surface area contributed by atoms with Crippen molar-refractivity contribution < 1.29 is 19.2 Å². The van der Waals surface area contributed by atoms with E-state index in [0.29, 0.717) is 23.1 Å². The molecule has 4 nitrogen and oxygen atoms in total. The highest BCUT2D eigenvalue weighted by molar-refractivity contribution is 6.35. The molecule has 0 aromatic heterocycles. The number of carboxylic acids is 1. The molecule has 0 saturated carbocycles. The van der Waals surface area contributed by atoms with Crippen LogP contribution in [0.2, 0.25) is 10.0 Å². The number of halogens is 2. The Kier molecular flexibility index (Phi) is 6.66. The fourth-order valence-electron chi connectivity index (χ4n) is 4.76. The van der Waals surface area contributed by atoms with Crippen molar-refractivity contribution in [1.82, 2.24) is 0 Å². The summed E-state index contributed by atoms with van der Waals surface area (Å²) in [4.78, 5) is 25.1. The van der Waals surface area contributed by atoms with Gasteiger partial charge in [0.15, 0.2) is 0 Å². The molecular weight excluding hydrogens is 445 g/mol. The van der Waals surface area contributed by atoms with Gasteiger partial charge in [0.1, 0.15) is 12.6 Å². The lowest BCUT2D eigenvalue weighted by Crippen LogP contribution is -2.58. The van der Waals surface area contributed by atoms with Gasteiger partial charge in [0, 0.05) is 28.1 Å². The Labute approximate surface area is 197 Å². The summed E-state index contributed by atoms with van der Waals surface area (Å²) in [6.07, 6.45) is 0.492. The standard InChI is InChI=1S/C26H23Cl2NO3/c27-21-11-10-20(23(28)16-21)17-29(24(30)12-13-25(31)32)15-14-18-6-4-5-9-22(18)26(29)19-7-2-1-3-8-19/h1-11,16,26H,12-15,17H2/p+1. The van der Waals surface area contributed by atoms with Crippen LogP contribution in [-0.2, 0) is 22.6 Å². The maximum absolute atomic E-state index is 13.8. The van der Waals surface area contributed by atoms with Gasteiger partial charge in [-0.2, -0.15) is 0 Å². The van der Waals surface area contributed by atoms with Crippen molar-refractivity contribution in [2.45, 2.75) is 31.8 Å². The van der Waals surface area contributed by atoms with E-state index in [1.165, 1.54) is 5.56 Å². The molecule has 2 unspecified atom stereocenters. The number of aliphatic carboxylic acids is 1. The van der Waals surface area contributed by atoms with Gasteiger partial charge >= 0.3 is 11.9 Å². The molecule has 1 aliphatic heterocycles. The topological polar surface area (TPSA) is 54.4 Å². The van der Waals surface area contributed by atoms with Crippen LogP contribution >= 0.6 is 23.2 Å². The maximum Gasteiger partial charge on any atom is 0.315 e. The molecule has 0 saturated heterocycles. The zero-order chi connectivity index (χ0) is 22.7. The van der Waals surface area contributed by atoms with E-state index >= 15 is 0 Å². The van der Waals surface area contributed by atoms with Crippen LogP contribution in [0.1, 0.15) is 41.1 Å². The summed E-state index contributed by atoms with van der Waals surface area (Å²) < 4.78 is 0.0929. The molecule has 1 aliphatic rings. The summed E-state index contributed by atoms with van der Waals surface area (Å²) in [5, 5.41) is 10.3. The number of carbonyl (C=O) groups is 2. The summed E-state index contributed by atoms with van der Waals surface area (Å²) in [6, 6.07) is 23.2. The molecular formula is C26H24Cl2NO3+. The minimum Gasteiger partial charge on any atom is -0.481 e. The predicted octanol–water partition coefficient (Wildman–Crippen LogP) is 6.05. The Hall–Kier alpha value is -2.66. The first-order valence-electron chi connectivity index (χ1n) is 10.6. The van der Waals surface area contributed by atoms with Gasteiger partial charge in [0.25, 0.3) is 0 Å². The van der Waals surface area contributed by atoms with Crippen molar-refractivity contribution >= 4 is 35.1 Å². The molecule has 164 valence electrons. The second-order valence-corrected chi connectivity index (χ2v) is 9.04. The van der Waals surface area contributed by atoms with Gasteiger partial charge in [0.05, 0.1) is 24.4 Å². The summed E-state index contributed by atoms with van der Waals surface area (Å²) in [5.74, 6) is -1.07. The highest BCUT2D eigenvalue weighted by Crippen LogP contribution is 2.44. The van der Waals surface area contributed by atoms with Crippen LogP contribution in [0.15, 0.2) is 72.8 Å². The number of benzene rings is 3. The maximum atomic E-state index is 13.8. The van der Waals surface area contributed by atoms with Crippen LogP contribution in [0, 0.1) is 0 Å². The van der Waals surface area contributed by atoms with Crippen LogP contribution in [0.5, 0.6) is 0 Å². The second-order valence-electron chi connectivity index (χ2n) is 8.20. The van der Waals surface area contributed by atoms with E-state index in [0.717, 1.165) is 23.1 Å². The minimum atomic E-state index is -0.977. The van der Waals surface area contributed by atoms with Gasteiger partial charge in [-0.1, -0.05) is 83.9 Å². The normalized spacial score (nSPS) is 19.9. The van der Waals surface area contributed by atoms with Gasteiger partial charge in [-0.15, -0.1) is 0 Å². The molecule has 0 radical (unpaired) electrons. The first-order valence-corrected chi connectivity index (χ1v) is 11.3. The lowest BCUT2D eigenvalue weighted by atomic mass is 9.84. The summed E-state index contributed by atoms with van der Waals surface area (Å²) in [7, 11) is 0. The molecule has 3 aromatic carbocycles. The quantitative estimate of drug-likeness (QED) is 0.448. The molecule has 0 spiro atoms. The smallest absolute Gasteiger partial charge is 0.315 e. The van der Waals surface area contributed by atoms with E-state index in [9.17, 15) is 14.7 Å². The van der Waals surface area contributed by atoms with Gasteiger partial charge in [-0.3, -0.25) is 4.79 Å². The molecule has 0 aliphatic carbocycles. The summed E-state index contributed by atoms with van der Waals surface area (Å²) in [6.45, 7) is 0.927. The summed E-state index contributed by atoms with van der Waals surface area (Å²) >= 11 is 12.6. The van der Waals surface area contributed by atoms with Crippen LogP contribution in [0.3, 0.4) is 0 Å². The van der Waals surface area contributed by atoms with Crippen molar-refractivity contribution in [1.29, 1.82) is 0 Å². The fourth-order valence-corrected chi connectivity index (χ4v) is 5.23. The average molecular weight is 469 g/mol. The molecule has 0 bridgehead atoms. The third-order valence-electron chi connectivity index (χ3n) is 6.26. The van der Waals surface area contributed by atoms with Crippen molar-refractivity contribution in [2.24, 2.45) is 0 Å². The SMILES string of the molecule is O=C(O)CCC(=O)[N+]1(Cc2ccc(Cl)cc2Cl)CCc2ccccc2C1c1ccccc1. The molecule has 1 heterocycles. The van der Waals surface area contributed by atoms with Crippen LogP contribution in [0.4, 0.5) is 0 Å². The Bertz CT molecular complexity index is 1150. The largest absolute Gasteiger partial charge is 0.481 e. The van der Waals surface area contributed by atoms with Crippen molar-refractivity contribution in [3.8, 4) is 0 Å². The molecule has 6 heteroatoms. The van der Waals surface area contributed by atoms with Crippen LogP contribution < -0.4 is 0 Å². The van der Waals surface area contributed by atoms with Crippen LogP contribution in [0.25, 0.3) is 0 Å². The number of carboxylic acid groups (broad SMARTS) is 1. The van der Waals surface area contributed by atoms with E-state index in [-0.39, 0.29) is 29.3 Å². The summed E-state index contributed by atoms with van der Waals surface area (Å²) in [5.41, 5.74) is 4.15. The predicted molar refractivity (Wildman–Crippen MR) is 126 cm³/mol. The highest BCUT2D eigenvalue weighted by Gasteiger charge is 2.49. The monoisotopic (exact) mass is 468 g/mol. The third-order valence-corrected chi connectivity index (χ3v) is 6.84. The lowest BCUT2D eigenvalue weighted by Gasteiger charge is -2.46. The first kappa shape index (κ1) is 22.5. The molecule has 1 amide bonds. The lowest BCUT2D eigenvalue weighted by molar-refractivity contribution is -0.895. The van der Waals surface area contributed by atoms with E-state index in [4.69, 9.17) is 23.2 Å². The van der Waals surface area contributed by atoms with E-state index in [2.05, 4.69) is 12.1 Å². The number of rotatable bonds is 6. The Morgan fingerprint density at radius 3 is 2.38 bits per heavy atom. The van der Waals surface area contributed by atoms with E-state index < -0.39 is 5.97 Å². The average Bonchev–Trinajstić information content (AvgIpc) is 2.79. The van der Waals surface area contributed by atoms with Crippen molar-refractivity contribution in [3.05, 3.63) is 105 Å². The molecule has 32 heavy (non-hydrogen) atoms. The molecule has 1 N–H and O–H groups in total. The number of carbonyl (C=O) groups excluding carboxylic acids is 1. The van der Waals surface area contributed by atoms with Crippen LogP contribution in [-0.4, -0.2) is 28.0 Å². The number of nitrogens with zero attached hydrogens (tertiary/aromatic N) is 1. The number of hydrogen-bond acceptors (Lipinski definition) is 2. The zero-order valence-corrected chi connectivity index (χ0v) is 19.0. The molecule has 4 rings (SSSR count). The Morgan fingerprint density at radius 1 is 0.938 bits per heavy atom.